The SMILES string of the molecule is CN=C(NCCC(=O)NC1CCCCC1)NC1CCN(c2ccccc2OC(F)F)C1. The Morgan fingerprint density at radius 1 is 1.16 bits per heavy atom. The maximum atomic E-state index is 12.7. The summed E-state index contributed by atoms with van der Waals surface area (Å²) >= 11 is 0. The first kappa shape index (κ1) is 23.1. The van der Waals surface area contributed by atoms with E-state index in [0.717, 1.165) is 25.8 Å². The van der Waals surface area contributed by atoms with Crippen molar-refractivity contribution in [2.45, 2.75) is 63.6 Å². The number of rotatable bonds is 8. The van der Waals surface area contributed by atoms with Crippen LogP contribution in [0.4, 0.5) is 14.5 Å². The maximum Gasteiger partial charge on any atom is 0.387 e. The smallest absolute Gasteiger partial charge is 0.387 e. The molecular weight excluding hydrogens is 404 g/mol. The second-order valence-corrected chi connectivity index (χ2v) is 8.07. The Hall–Kier alpha value is -2.58. The third-order valence-corrected chi connectivity index (χ3v) is 5.79. The van der Waals surface area contributed by atoms with Gasteiger partial charge in [0.25, 0.3) is 0 Å². The van der Waals surface area contributed by atoms with Gasteiger partial charge in [0.05, 0.1) is 5.69 Å². The zero-order valence-electron chi connectivity index (χ0n) is 18.1. The van der Waals surface area contributed by atoms with Crippen LogP contribution in [0.3, 0.4) is 0 Å². The van der Waals surface area contributed by atoms with Gasteiger partial charge in [0.1, 0.15) is 5.75 Å². The van der Waals surface area contributed by atoms with Gasteiger partial charge in [-0.2, -0.15) is 8.78 Å². The summed E-state index contributed by atoms with van der Waals surface area (Å²) in [7, 11) is 1.69. The van der Waals surface area contributed by atoms with Crippen LogP contribution in [0.2, 0.25) is 0 Å². The molecule has 1 aromatic rings. The predicted octanol–water partition coefficient (Wildman–Crippen LogP) is 2.87. The molecule has 1 amide bonds. The monoisotopic (exact) mass is 437 g/mol. The first-order chi connectivity index (χ1) is 15.0. The molecule has 9 heteroatoms. The van der Waals surface area contributed by atoms with E-state index in [4.69, 9.17) is 0 Å². The van der Waals surface area contributed by atoms with Crippen LogP contribution in [0.15, 0.2) is 29.3 Å². The normalized spacial score (nSPS) is 20.1. The minimum absolute atomic E-state index is 0.0672. The number of para-hydroxylation sites is 2. The van der Waals surface area contributed by atoms with Crippen molar-refractivity contribution in [1.29, 1.82) is 0 Å². The molecule has 172 valence electrons. The molecule has 0 spiro atoms. The van der Waals surface area contributed by atoms with E-state index >= 15 is 0 Å². The predicted molar refractivity (Wildman–Crippen MR) is 118 cm³/mol. The van der Waals surface area contributed by atoms with Crippen molar-refractivity contribution >= 4 is 17.6 Å². The number of amides is 1. The second kappa shape index (κ2) is 11.7. The van der Waals surface area contributed by atoms with Crippen molar-refractivity contribution in [1.82, 2.24) is 16.0 Å². The van der Waals surface area contributed by atoms with E-state index in [0.29, 0.717) is 37.2 Å². The standard InChI is InChI=1S/C22H33F2N5O2/c1-25-22(26-13-11-20(30)27-16-7-3-2-4-8-16)28-17-12-14-29(15-17)18-9-5-6-10-19(18)31-21(23)24/h5-6,9-10,16-17,21H,2-4,7-8,11-15H2,1H3,(H,27,30)(H2,25,26,28). The van der Waals surface area contributed by atoms with Crippen molar-refractivity contribution in [2.24, 2.45) is 4.99 Å². The van der Waals surface area contributed by atoms with Gasteiger partial charge < -0.3 is 25.6 Å². The molecule has 0 bridgehead atoms. The number of guanidine groups is 1. The lowest BCUT2D eigenvalue weighted by Crippen LogP contribution is -2.46. The summed E-state index contributed by atoms with van der Waals surface area (Å²) in [6.07, 6.45) is 7.03. The average molecular weight is 438 g/mol. The fourth-order valence-electron chi connectivity index (χ4n) is 4.24. The lowest BCUT2D eigenvalue weighted by molar-refractivity contribution is -0.121. The highest BCUT2D eigenvalue weighted by Crippen LogP contribution is 2.31. The fourth-order valence-corrected chi connectivity index (χ4v) is 4.24. The van der Waals surface area contributed by atoms with Gasteiger partial charge in [0.15, 0.2) is 5.96 Å². The summed E-state index contributed by atoms with van der Waals surface area (Å²) < 4.78 is 30.0. The second-order valence-electron chi connectivity index (χ2n) is 8.07. The quantitative estimate of drug-likeness (QED) is 0.431. The Kier molecular flexibility index (Phi) is 8.73. The third kappa shape index (κ3) is 7.25. The highest BCUT2D eigenvalue weighted by Gasteiger charge is 2.26. The Morgan fingerprint density at radius 3 is 2.68 bits per heavy atom. The molecule has 31 heavy (non-hydrogen) atoms. The molecule has 1 heterocycles. The van der Waals surface area contributed by atoms with Gasteiger partial charge >= 0.3 is 6.61 Å². The van der Waals surface area contributed by atoms with Crippen LogP contribution in [-0.2, 0) is 4.79 Å². The highest BCUT2D eigenvalue weighted by atomic mass is 19.3. The largest absolute Gasteiger partial charge is 0.433 e. The van der Waals surface area contributed by atoms with Gasteiger partial charge in [-0.05, 0) is 31.4 Å². The van der Waals surface area contributed by atoms with Crippen molar-refractivity contribution < 1.29 is 18.3 Å². The lowest BCUT2D eigenvalue weighted by Gasteiger charge is -2.23. The molecule has 1 aliphatic carbocycles. The van der Waals surface area contributed by atoms with Gasteiger partial charge in [-0.15, -0.1) is 0 Å². The van der Waals surface area contributed by atoms with Gasteiger partial charge in [-0.1, -0.05) is 31.4 Å². The van der Waals surface area contributed by atoms with E-state index < -0.39 is 6.61 Å². The summed E-state index contributed by atoms with van der Waals surface area (Å²) in [6.45, 7) is -0.982. The first-order valence-electron chi connectivity index (χ1n) is 11.1. The van der Waals surface area contributed by atoms with E-state index in [1.54, 1.807) is 25.2 Å². The number of aliphatic imine (C=N–C) groups is 1. The van der Waals surface area contributed by atoms with Gasteiger partial charge in [0, 0.05) is 45.2 Å². The molecule has 0 radical (unpaired) electrons. The lowest BCUT2D eigenvalue weighted by atomic mass is 9.95. The van der Waals surface area contributed by atoms with Crippen LogP contribution in [0.1, 0.15) is 44.9 Å². The van der Waals surface area contributed by atoms with Crippen LogP contribution >= 0.6 is 0 Å². The van der Waals surface area contributed by atoms with Crippen LogP contribution < -0.4 is 25.6 Å². The molecule has 2 fully saturated rings. The van der Waals surface area contributed by atoms with E-state index in [9.17, 15) is 13.6 Å². The fraction of sp³-hybridized carbons (Fsp3) is 0.636. The van der Waals surface area contributed by atoms with Gasteiger partial charge in [-0.3, -0.25) is 9.79 Å². The van der Waals surface area contributed by atoms with Gasteiger partial charge in [0.2, 0.25) is 5.91 Å². The van der Waals surface area contributed by atoms with Crippen molar-refractivity contribution in [3.8, 4) is 5.75 Å². The molecule has 1 aliphatic heterocycles. The number of hydrogen-bond donors (Lipinski definition) is 3. The molecule has 1 unspecified atom stereocenters. The number of hydrogen-bond acceptors (Lipinski definition) is 4. The molecule has 1 aromatic carbocycles. The third-order valence-electron chi connectivity index (χ3n) is 5.79. The summed E-state index contributed by atoms with van der Waals surface area (Å²) in [6, 6.07) is 7.28. The molecule has 3 N–H and O–H groups in total. The van der Waals surface area contributed by atoms with Crippen LogP contribution in [0.5, 0.6) is 5.75 Å². The molecule has 1 saturated carbocycles. The molecule has 2 aliphatic rings. The Bertz CT molecular complexity index is 740. The summed E-state index contributed by atoms with van der Waals surface area (Å²) in [4.78, 5) is 18.4. The molecular formula is C22H33F2N5O2. The highest BCUT2D eigenvalue weighted by molar-refractivity contribution is 5.81. The number of halogens is 2. The zero-order chi connectivity index (χ0) is 22.1. The topological polar surface area (TPSA) is 78.0 Å². The molecule has 0 aromatic heterocycles. The number of ether oxygens (including phenoxy) is 1. The summed E-state index contributed by atoms with van der Waals surface area (Å²) in [5.74, 6) is 0.886. The van der Waals surface area contributed by atoms with Crippen LogP contribution in [0, 0.1) is 0 Å². The average Bonchev–Trinajstić information content (AvgIpc) is 3.22. The van der Waals surface area contributed by atoms with Gasteiger partial charge in [-0.25, -0.2) is 0 Å². The van der Waals surface area contributed by atoms with E-state index in [1.165, 1.54) is 19.3 Å². The Morgan fingerprint density at radius 2 is 1.94 bits per heavy atom. The Balaban J connectivity index is 1.42. The number of carbonyl (C=O) groups excluding carboxylic acids is 1. The Labute approximate surface area is 182 Å². The van der Waals surface area contributed by atoms with Crippen molar-refractivity contribution in [2.75, 3.05) is 31.6 Å². The number of nitrogens with one attached hydrogen (secondary N) is 3. The number of nitrogens with zero attached hydrogens (tertiary/aromatic N) is 2. The van der Waals surface area contributed by atoms with Crippen LogP contribution in [-0.4, -0.2) is 57.2 Å². The molecule has 3 rings (SSSR count). The molecule has 7 nitrogen and oxygen atoms in total. The number of carbonyl (C=O) groups is 1. The van der Waals surface area contributed by atoms with Crippen LogP contribution in [0.25, 0.3) is 0 Å². The van der Waals surface area contributed by atoms with E-state index in [1.807, 2.05) is 11.0 Å². The summed E-state index contributed by atoms with van der Waals surface area (Å²) in [5.41, 5.74) is 0.662. The summed E-state index contributed by atoms with van der Waals surface area (Å²) in [5, 5.41) is 9.66. The first-order valence-corrected chi connectivity index (χ1v) is 11.1. The minimum Gasteiger partial charge on any atom is -0.433 e. The minimum atomic E-state index is -2.85. The van der Waals surface area contributed by atoms with Crippen molar-refractivity contribution in [3.63, 3.8) is 0 Å². The number of anilines is 1. The van der Waals surface area contributed by atoms with E-state index in [2.05, 4.69) is 25.7 Å². The van der Waals surface area contributed by atoms with Crippen molar-refractivity contribution in [3.05, 3.63) is 24.3 Å². The van der Waals surface area contributed by atoms with E-state index in [-0.39, 0.29) is 17.7 Å². The maximum absolute atomic E-state index is 12.7. The number of alkyl halides is 2. The molecule has 1 atom stereocenters. The zero-order valence-corrected chi connectivity index (χ0v) is 18.1. The number of benzene rings is 1. The molecule has 1 saturated heterocycles.